The molecule has 0 saturated heterocycles. The fraction of sp³-hybridized carbons (Fsp3) is 0.304. The molecule has 4 nitrogen and oxygen atoms in total. The van der Waals surface area contributed by atoms with E-state index >= 15 is 0 Å². The Hall–Kier alpha value is -2.72. The molecule has 1 aliphatic rings. The van der Waals surface area contributed by atoms with Gasteiger partial charge >= 0.3 is 0 Å². The minimum absolute atomic E-state index is 0.547. The summed E-state index contributed by atoms with van der Waals surface area (Å²) in [6, 6.07) is 14.5. The molecular formula is C23H28N2O2. The lowest BCUT2D eigenvalue weighted by molar-refractivity contribution is 0.303. The van der Waals surface area contributed by atoms with Crippen molar-refractivity contribution in [2.45, 2.75) is 33.3 Å². The summed E-state index contributed by atoms with van der Waals surface area (Å²) < 4.78 is 11.6. The van der Waals surface area contributed by atoms with Gasteiger partial charge in [-0.3, -0.25) is 0 Å². The maximum absolute atomic E-state index is 5.95. The highest BCUT2D eigenvalue weighted by atomic mass is 16.5. The van der Waals surface area contributed by atoms with Gasteiger partial charge in [-0.15, -0.1) is 0 Å². The Morgan fingerprint density at radius 2 is 1.85 bits per heavy atom. The van der Waals surface area contributed by atoms with E-state index in [1.165, 1.54) is 16.7 Å². The summed E-state index contributed by atoms with van der Waals surface area (Å²) in [5.41, 5.74) is 12.4. The lowest BCUT2D eigenvalue weighted by Gasteiger charge is -2.16. The standard InChI is InChI=1S/C23H28N2O2/c1-17-6-8-19(9-7-17)16-27-22-11-10-20(23(14-22)26-3)13-21-15-25-24-12-4-5-18(21)2/h5-11,14-15,24-25H,4,12-13,16H2,1-3H3/b18-5+,21-15-. The largest absolute Gasteiger partial charge is 0.496 e. The molecule has 0 fully saturated rings. The smallest absolute Gasteiger partial charge is 0.126 e. The van der Waals surface area contributed by atoms with Gasteiger partial charge in [0.2, 0.25) is 0 Å². The quantitative estimate of drug-likeness (QED) is 0.794. The van der Waals surface area contributed by atoms with Crippen molar-refractivity contribution in [3.63, 3.8) is 0 Å². The molecular weight excluding hydrogens is 336 g/mol. The molecule has 0 spiro atoms. The summed E-state index contributed by atoms with van der Waals surface area (Å²) in [4.78, 5) is 0. The Labute approximate surface area is 161 Å². The molecule has 0 aliphatic carbocycles. The second-order valence-corrected chi connectivity index (χ2v) is 6.84. The van der Waals surface area contributed by atoms with E-state index in [9.17, 15) is 0 Å². The Kier molecular flexibility index (Phi) is 6.55. The first-order valence-electron chi connectivity index (χ1n) is 9.35. The van der Waals surface area contributed by atoms with Crippen molar-refractivity contribution < 1.29 is 9.47 Å². The zero-order valence-electron chi connectivity index (χ0n) is 16.3. The maximum atomic E-state index is 5.95. The predicted molar refractivity (Wildman–Crippen MR) is 110 cm³/mol. The first kappa shape index (κ1) is 19.1. The average Bonchev–Trinajstić information content (AvgIpc) is 2.68. The Balaban J connectivity index is 1.71. The van der Waals surface area contributed by atoms with Crippen LogP contribution in [0, 0.1) is 6.92 Å². The van der Waals surface area contributed by atoms with E-state index in [4.69, 9.17) is 9.47 Å². The van der Waals surface area contributed by atoms with Gasteiger partial charge in [-0.2, -0.15) is 0 Å². The van der Waals surface area contributed by atoms with Gasteiger partial charge in [0, 0.05) is 25.2 Å². The molecule has 0 radical (unpaired) electrons. The molecule has 27 heavy (non-hydrogen) atoms. The molecule has 0 unspecified atom stereocenters. The SMILES string of the molecule is COc1cc(OCc2ccc(C)cc2)ccc1CC1=C/NNCC\C=C\1C. The fourth-order valence-electron chi connectivity index (χ4n) is 3.02. The van der Waals surface area contributed by atoms with Crippen LogP contribution < -0.4 is 20.3 Å². The number of rotatable bonds is 6. The molecule has 0 aromatic heterocycles. The van der Waals surface area contributed by atoms with Crippen LogP contribution in [0.3, 0.4) is 0 Å². The number of methoxy groups -OCH3 is 1. The summed E-state index contributed by atoms with van der Waals surface area (Å²) in [5.74, 6) is 1.66. The molecule has 0 bridgehead atoms. The van der Waals surface area contributed by atoms with E-state index in [1.807, 2.05) is 18.3 Å². The lowest BCUT2D eigenvalue weighted by atomic mass is 9.98. The van der Waals surface area contributed by atoms with Crippen LogP contribution in [0.25, 0.3) is 0 Å². The number of hydrazine groups is 1. The Morgan fingerprint density at radius 1 is 1.04 bits per heavy atom. The summed E-state index contributed by atoms with van der Waals surface area (Å²) in [7, 11) is 1.71. The molecule has 0 amide bonds. The van der Waals surface area contributed by atoms with Crippen molar-refractivity contribution in [1.29, 1.82) is 0 Å². The van der Waals surface area contributed by atoms with Crippen LogP contribution >= 0.6 is 0 Å². The zero-order valence-corrected chi connectivity index (χ0v) is 16.3. The van der Waals surface area contributed by atoms with Crippen LogP contribution in [0.1, 0.15) is 30.0 Å². The molecule has 2 aromatic carbocycles. The third kappa shape index (κ3) is 5.38. The number of nitrogens with one attached hydrogen (secondary N) is 2. The van der Waals surface area contributed by atoms with Gasteiger partial charge in [-0.05, 0) is 43.0 Å². The normalized spacial score (nSPS) is 18.2. The lowest BCUT2D eigenvalue weighted by Crippen LogP contribution is -2.29. The summed E-state index contributed by atoms with van der Waals surface area (Å²) >= 11 is 0. The molecule has 0 saturated carbocycles. The van der Waals surface area contributed by atoms with E-state index in [1.54, 1.807) is 7.11 Å². The highest BCUT2D eigenvalue weighted by molar-refractivity contribution is 5.45. The van der Waals surface area contributed by atoms with Gasteiger partial charge in [0.15, 0.2) is 0 Å². The van der Waals surface area contributed by atoms with E-state index in [0.717, 1.165) is 42.0 Å². The number of benzene rings is 2. The third-order valence-electron chi connectivity index (χ3n) is 4.74. The third-order valence-corrected chi connectivity index (χ3v) is 4.74. The highest BCUT2D eigenvalue weighted by Crippen LogP contribution is 2.29. The van der Waals surface area contributed by atoms with Gasteiger partial charge in [0.25, 0.3) is 0 Å². The Morgan fingerprint density at radius 3 is 2.63 bits per heavy atom. The second-order valence-electron chi connectivity index (χ2n) is 6.84. The fourth-order valence-corrected chi connectivity index (χ4v) is 3.02. The molecule has 0 atom stereocenters. The van der Waals surface area contributed by atoms with Crippen molar-refractivity contribution in [2.24, 2.45) is 0 Å². The predicted octanol–water partition coefficient (Wildman–Crippen LogP) is 4.45. The van der Waals surface area contributed by atoms with E-state index in [-0.39, 0.29) is 0 Å². The van der Waals surface area contributed by atoms with Gasteiger partial charge < -0.3 is 14.9 Å². The topological polar surface area (TPSA) is 42.5 Å². The molecule has 4 heteroatoms. The summed E-state index contributed by atoms with van der Waals surface area (Å²) in [5, 5.41) is 0. The minimum atomic E-state index is 0.547. The van der Waals surface area contributed by atoms with Crippen molar-refractivity contribution >= 4 is 0 Å². The highest BCUT2D eigenvalue weighted by Gasteiger charge is 2.10. The van der Waals surface area contributed by atoms with Crippen molar-refractivity contribution in [3.8, 4) is 11.5 Å². The number of aryl methyl sites for hydroxylation is 1. The molecule has 2 N–H and O–H groups in total. The second kappa shape index (κ2) is 9.28. The van der Waals surface area contributed by atoms with Crippen LogP contribution in [-0.4, -0.2) is 13.7 Å². The van der Waals surface area contributed by atoms with Gasteiger partial charge in [0.05, 0.1) is 7.11 Å². The van der Waals surface area contributed by atoms with Crippen molar-refractivity contribution in [3.05, 3.63) is 82.6 Å². The monoisotopic (exact) mass is 364 g/mol. The van der Waals surface area contributed by atoms with Crippen LogP contribution in [0.15, 0.2) is 65.9 Å². The van der Waals surface area contributed by atoms with Gasteiger partial charge in [-0.1, -0.05) is 47.5 Å². The van der Waals surface area contributed by atoms with Crippen LogP contribution in [-0.2, 0) is 13.0 Å². The first-order valence-corrected chi connectivity index (χ1v) is 9.35. The molecule has 142 valence electrons. The maximum Gasteiger partial charge on any atom is 0.126 e. The van der Waals surface area contributed by atoms with Crippen LogP contribution in [0.5, 0.6) is 11.5 Å². The summed E-state index contributed by atoms with van der Waals surface area (Å²) in [6.45, 7) is 5.72. The van der Waals surface area contributed by atoms with Crippen molar-refractivity contribution in [1.82, 2.24) is 10.9 Å². The number of hydrogen-bond acceptors (Lipinski definition) is 4. The minimum Gasteiger partial charge on any atom is -0.496 e. The number of ether oxygens (including phenoxy) is 2. The van der Waals surface area contributed by atoms with E-state index in [2.05, 4.69) is 61.1 Å². The van der Waals surface area contributed by atoms with Crippen LogP contribution in [0.2, 0.25) is 0 Å². The number of allylic oxidation sites excluding steroid dienone is 2. The van der Waals surface area contributed by atoms with Gasteiger partial charge in [-0.25, -0.2) is 5.43 Å². The van der Waals surface area contributed by atoms with Crippen LogP contribution in [0.4, 0.5) is 0 Å². The summed E-state index contributed by atoms with van der Waals surface area (Å²) in [6.07, 6.45) is 6.12. The van der Waals surface area contributed by atoms with Gasteiger partial charge in [0.1, 0.15) is 18.1 Å². The molecule has 1 heterocycles. The molecule has 1 aliphatic heterocycles. The molecule has 2 aromatic rings. The molecule has 3 rings (SSSR count). The van der Waals surface area contributed by atoms with E-state index < -0.39 is 0 Å². The average molecular weight is 364 g/mol. The van der Waals surface area contributed by atoms with E-state index in [0.29, 0.717) is 6.61 Å². The Bertz CT molecular complexity index is 823. The van der Waals surface area contributed by atoms with Crippen molar-refractivity contribution in [2.75, 3.05) is 13.7 Å². The zero-order chi connectivity index (χ0) is 19.1. The first-order chi connectivity index (χ1) is 13.2. The number of hydrogen-bond donors (Lipinski definition) is 2.